The number of hydrogen-bond donors (Lipinski definition) is 1. The van der Waals surface area contributed by atoms with E-state index in [9.17, 15) is 5.11 Å². The van der Waals surface area contributed by atoms with Crippen molar-refractivity contribution in [3.05, 3.63) is 34.6 Å². The highest BCUT2D eigenvalue weighted by atomic mass is 35.5. The lowest BCUT2D eigenvalue weighted by molar-refractivity contribution is 0.205. The second kappa shape index (κ2) is 3.92. The minimum Gasteiger partial charge on any atom is -0.380 e. The molecule has 1 atom stereocenters. The van der Waals surface area contributed by atoms with Crippen LogP contribution in [0.3, 0.4) is 0 Å². The summed E-state index contributed by atoms with van der Waals surface area (Å²) in [6, 6.07) is 0. The molecule has 0 aliphatic carbocycles. The fraction of sp³-hybridized carbons (Fsp3) is 0.400. The average molecular weight is 241 g/mol. The number of hydrogen-bond acceptors (Lipinski definition) is 3. The van der Waals surface area contributed by atoms with Crippen LogP contribution in [-0.4, -0.2) is 24.4 Å². The molecule has 1 N–H and O–H groups in total. The van der Waals surface area contributed by atoms with Crippen LogP contribution in [0.4, 0.5) is 0 Å². The predicted octanol–water partition coefficient (Wildman–Crippen LogP) is 1.20. The second-order valence-electron chi connectivity index (χ2n) is 3.71. The van der Waals surface area contributed by atoms with Crippen LogP contribution in [0, 0.1) is 6.92 Å². The third kappa shape index (κ3) is 1.62. The first-order valence-electron chi connectivity index (χ1n) is 4.86. The van der Waals surface area contributed by atoms with Gasteiger partial charge in [0.1, 0.15) is 17.1 Å². The number of aryl methyl sites for hydroxylation is 3. The Morgan fingerprint density at radius 2 is 2.12 bits per heavy atom. The topological polar surface area (TPSA) is 55.9 Å². The molecular formula is C10H13ClN4O. The molecule has 86 valence electrons. The Balaban J connectivity index is 2.49. The third-order valence-corrected chi connectivity index (χ3v) is 3.02. The Labute approximate surface area is 98.3 Å². The van der Waals surface area contributed by atoms with Crippen LogP contribution in [0.15, 0.2) is 12.4 Å². The zero-order valence-electron chi connectivity index (χ0n) is 9.35. The van der Waals surface area contributed by atoms with Crippen molar-refractivity contribution in [2.75, 3.05) is 0 Å². The maximum atomic E-state index is 10.2. The van der Waals surface area contributed by atoms with Gasteiger partial charge in [0.25, 0.3) is 0 Å². The molecule has 0 fully saturated rings. The van der Waals surface area contributed by atoms with Gasteiger partial charge in [-0.05, 0) is 6.92 Å². The van der Waals surface area contributed by atoms with Crippen molar-refractivity contribution in [3.63, 3.8) is 0 Å². The van der Waals surface area contributed by atoms with E-state index in [0.717, 1.165) is 0 Å². The first kappa shape index (κ1) is 11.2. The summed E-state index contributed by atoms with van der Waals surface area (Å²) in [5, 5.41) is 14.8. The number of imidazole rings is 1. The number of nitrogens with zero attached hydrogens (tertiary/aromatic N) is 4. The monoisotopic (exact) mass is 240 g/mol. The van der Waals surface area contributed by atoms with Gasteiger partial charge in [-0.25, -0.2) is 4.98 Å². The molecule has 2 aromatic heterocycles. The molecule has 0 saturated carbocycles. The molecular weight excluding hydrogens is 228 g/mol. The maximum Gasteiger partial charge on any atom is 0.142 e. The Morgan fingerprint density at radius 1 is 1.44 bits per heavy atom. The van der Waals surface area contributed by atoms with E-state index in [2.05, 4.69) is 10.1 Å². The van der Waals surface area contributed by atoms with Crippen LogP contribution in [0.25, 0.3) is 0 Å². The summed E-state index contributed by atoms with van der Waals surface area (Å²) in [5.41, 5.74) is 1.32. The molecule has 0 radical (unpaired) electrons. The van der Waals surface area contributed by atoms with E-state index in [0.29, 0.717) is 22.2 Å². The zero-order chi connectivity index (χ0) is 11.9. The van der Waals surface area contributed by atoms with Gasteiger partial charge in [0, 0.05) is 32.1 Å². The summed E-state index contributed by atoms with van der Waals surface area (Å²) < 4.78 is 3.30. The molecule has 0 aromatic carbocycles. The highest BCUT2D eigenvalue weighted by molar-refractivity contribution is 6.30. The van der Waals surface area contributed by atoms with Gasteiger partial charge in [0.2, 0.25) is 0 Å². The fourth-order valence-electron chi connectivity index (χ4n) is 1.73. The van der Waals surface area contributed by atoms with Crippen LogP contribution in [-0.2, 0) is 14.1 Å². The Bertz CT molecular complexity index is 517. The van der Waals surface area contributed by atoms with E-state index in [1.165, 1.54) is 0 Å². The van der Waals surface area contributed by atoms with Crippen LogP contribution in [0.2, 0.25) is 5.15 Å². The van der Waals surface area contributed by atoms with Gasteiger partial charge in [-0.15, -0.1) is 0 Å². The van der Waals surface area contributed by atoms with Crippen molar-refractivity contribution in [2.24, 2.45) is 14.1 Å². The highest BCUT2D eigenvalue weighted by Crippen LogP contribution is 2.29. The van der Waals surface area contributed by atoms with Gasteiger partial charge in [-0.2, -0.15) is 5.10 Å². The molecule has 2 aromatic rings. The van der Waals surface area contributed by atoms with Crippen molar-refractivity contribution in [2.45, 2.75) is 13.0 Å². The first-order valence-corrected chi connectivity index (χ1v) is 5.24. The van der Waals surface area contributed by atoms with Crippen LogP contribution in [0.1, 0.15) is 23.2 Å². The summed E-state index contributed by atoms with van der Waals surface area (Å²) in [5.74, 6) is 0.554. The summed E-state index contributed by atoms with van der Waals surface area (Å²) >= 11 is 6.08. The van der Waals surface area contributed by atoms with Crippen LogP contribution >= 0.6 is 11.6 Å². The first-order chi connectivity index (χ1) is 7.52. The van der Waals surface area contributed by atoms with Crippen molar-refractivity contribution in [1.29, 1.82) is 0 Å². The zero-order valence-corrected chi connectivity index (χ0v) is 10.1. The summed E-state index contributed by atoms with van der Waals surface area (Å²) in [6.45, 7) is 1.81. The fourth-order valence-corrected chi connectivity index (χ4v) is 2.00. The molecule has 0 saturated heterocycles. The van der Waals surface area contributed by atoms with Gasteiger partial charge in [0.05, 0.1) is 5.69 Å². The number of aliphatic hydroxyl groups excluding tert-OH is 1. The lowest BCUT2D eigenvalue weighted by Gasteiger charge is -2.10. The van der Waals surface area contributed by atoms with E-state index in [-0.39, 0.29) is 0 Å². The third-order valence-electron chi connectivity index (χ3n) is 2.57. The van der Waals surface area contributed by atoms with Gasteiger partial charge < -0.3 is 9.67 Å². The maximum absolute atomic E-state index is 10.2. The molecule has 0 aliphatic heterocycles. The molecule has 2 heterocycles. The lowest BCUT2D eigenvalue weighted by atomic mass is 10.1. The molecule has 2 rings (SSSR count). The summed E-state index contributed by atoms with van der Waals surface area (Å²) in [6.07, 6.45) is 2.57. The van der Waals surface area contributed by atoms with Crippen LogP contribution in [0.5, 0.6) is 0 Å². The number of rotatable bonds is 2. The Hall–Kier alpha value is -1.33. The SMILES string of the molecule is Cc1nn(C)c(Cl)c1C(O)c1nccn1C. The van der Waals surface area contributed by atoms with Crippen molar-refractivity contribution < 1.29 is 5.11 Å². The normalized spacial score (nSPS) is 13.1. The van der Waals surface area contributed by atoms with E-state index >= 15 is 0 Å². The largest absolute Gasteiger partial charge is 0.380 e. The standard InChI is InChI=1S/C10H13ClN4O/c1-6-7(9(11)15(3)13-6)8(16)10-12-4-5-14(10)2/h4-5,8,16H,1-3H3. The second-order valence-corrected chi connectivity index (χ2v) is 4.07. The molecule has 5 nitrogen and oxygen atoms in total. The van der Waals surface area contributed by atoms with E-state index < -0.39 is 6.10 Å². The molecule has 16 heavy (non-hydrogen) atoms. The van der Waals surface area contributed by atoms with Crippen molar-refractivity contribution >= 4 is 11.6 Å². The Morgan fingerprint density at radius 3 is 2.56 bits per heavy atom. The quantitative estimate of drug-likeness (QED) is 0.858. The molecule has 0 aliphatic rings. The predicted molar refractivity (Wildman–Crippen MR) is 60.2 cm³/mol. The molecule has 1 unspecified atom stereocenters. The van der Waals surface area contributed by atoms with E-state index in [4.69, 9.17) is 11.6 Å². The van der Waals surface area contributed by atoms with E-state index in [1.807, 2.05) is 14.0 Å². The molecule has 0 bridgehead atoms. The van der Waals surface area contributed by atoms with Gasteiger partial charge in [0.15, 0.2) is 0 Å². The summed E-state index contributed by atoms with van der Waals surface area (Å²) in [4.78, 5) is 4.10. The molecule has 0 amide bonds. The van der Waals surface area contributed by atoms with Crippen molar-refractivity contribution in [3.8, 4) is 0 Å². The molecule has 0 spiro atoms. The van der Waals surface area contributed by atoms with Crippen LogP contribution < -0.4 is 0 Å². The lowest BCUT2D eigenvalue weighted by Crippen LogP contribution is -2.08. The highest BCUT2D eigenvalue weighted by Gasteiger charge is 2.23. The number of halogens is 1. The van der Waals surface area contributed by atoms with Gasteiger partial charge in [-0.3, -0.25) is 4.68 Å². The average Bonchev–Trinajstić information content (AvgIpc) is 2.73. The smallest absolute Gasteiger partial charge is 0.142 e. The van der Waals surface area contributed by atoms with Gasteiger partial charge >= 0.3 is 0 Å². The number of aliphatic hydroxyl groups is 1. The Kier molecular flexibility index (Phi) is 2.73. The van der Waals surface area contributed by atoms with Crippen molar-refractivity contribution in [1.82, 2.24) is 19.3 Å². The van der Waals surface area contributed by atoms with Gasteiger partial charge in [-0.1, -0.05) is 11.6 Å². The number of aromatic nitrogens is 4. The molecule has 6 heteroatoms. The summed E-state index contributed by atoms with van der Waals surface area (Å²) in [7, 11) is 3.56. The minimum absolute atomic E-state index is 0.438. The minimum atomic E-state index is -0.846. The van der Waals surface area contributed by atoms with E-state index in [1.54, 1.807) is 28.7 Å².